The molecule has 1 amide bonds. The van der Waals surface area contributed by atoms with E-state index >= 15 is 0 Å². The third-order valence-electron chi connectivity index (χ3n) is 2.05. The van der Waals surface area contributed by atoms with Crippen LogP contribution >= 0.6 is 11.6 Å². The van der Waals surface area contributed by atoms with Gasteiger partial charge in [-0.3, -0.25) is 4.79 Å². The van der Waals surface area contributed by atoms with Crippen LogP contribution < -0.4 is 21.7 Å². The zero-order valence-electron chi connectivity index (χ0n) is 10.3. The van der Waals surface area contributed by atoms with E-state index in [-0.39, 0.29) is 35.5 Å². The van der Waals surface area contributed by atoms with E-state index < -0.39 is 15.9 Å². The van der Waals surface area contributed by atoms with Gasteiger partial charge in [0.1, 0.15) is 11.5 Å². The van der Waals surface area contributed by atoms with Crippen molar-refractivity contribution >= 4 is 33.3 Å². The number of hydrogen-bond donors (Lipinski definition) is 4. The molecule has 1 rings (SSSR count). The Labute approximate surface area is 120 Å². The first kappa shape index (κ1) is 16.6. The van der Waals surface area contributed by atoms with Crippen molar-refractivity contribution in [2.45, 2.75) is 4.90 Å². The van der Waals surface area contributed by atoms with Gasteiger partial charge in [0, 0.05) is 12.7 Å². The molecule has 0 aliphatic heterocycles. The van der Waals surface area contributed by atoms with Crippen LogP contribution in [0.15, 0.2) is 17.2 Å². The van der Waals surface area contributed by atoms with Crippen molar-refractivity contribution in [1.29, 1.82) is 0 Å². The van der Waals surface area contributed by atoms with Crippen LogP contribution in [0.25, 0.3) is 0 Å². The molecule has 0 aliphatic carbocycles. The van der Waals surface area contributed by atoms with E-state index in [1.807, 2.05) is 0 Å². The van der Waals surface area contributed by atoms with E-state index in [0.29, 0.717) is 0 Å². The molecule has 0 bridgehead atoms. The quantitative estimate of drug-likeness (QED) is 0.266. The van der Waals surface area contributed by atoms with Gasteiger partial charge >= 0.3 is 0 Å². The maximum Gasteiger partial charge on any atom is 0.243 e. The van der Waals surface area contributed by atoms with Gasteiger partial charge in [0.2, 0.25) is 15.9 Å². The number of anilines is 1. The number of hydrogen-bond acceptors (Lipinski definition) is 7. The lowest BCUT2D eigenvalue weighted by Gasteiger charge is -2.08. The van der Waals surface area contributed by atoms with Gasteiger partial charge in [-0.1, -0.05) is 11.6 Å². The predicted molar refractivity (Wildman–Crippen MR) is 72.3 cm³/mol. The Morgan fingerprint density at radius 1 is 1.50 bits per heavy atom. The average Bonchev–Trinajstić information content (AvgIpc) is 2.37. The standard InChI is InChI=1S/C9H14ClN5O4S/c10-7-3-6(4-13-9(7)15-12)20(17,18)14-1-2-19-5-8(11)16/h3-4,14H,1-2,5,12H2,(H2,11,16)(H,13,15). The smallest absolute Gasteiger partial charge is 0.243 e. The Bertz CT molecular complexity index is 580. The predicted octanol–water partition coefficient (Wildman–Crippen LogP) is -1.20. The third-order valence-corrected chi connectivity index (χ3v) is 3.76. The number of primary amides is 1. The van der Waals surface area contributed by atoms with Crippen LogP contribution in [-0.2, 0) is 19.6 Å². The number of halogens is 1. The Morgan fingerprint density at radius 3 is 2.75 bits per heavy atom. The number of nitrogen functional groups attached to an aromatic ring is 1. The highest BCUT2D eigenvalue weighted by Gasteiger charge is 2.16. The molecule has 1 aromatic heterocycles. The summed E-state index contributed by atoms with van der Waals surface area (Å²) in [6.45, 7) is -0.290. The number of rotatable bonds is 8. The zero-order valence-corrected chi connectivity index (χ0v) is 11.9. The van der Waals surface area contributed by atoms with Crippen LogP contribution in [0.1, 0.15) is 0 Å². The normalized spacial score (nSPS) is 11.3. The maximum absolute atomic E-state index is 11.9. The van der Waals surface area contributed by atoms with Gasteiger partial charge in [0.05, 0.1) is 11.6 Å². The monoisotopic (exact) mass is 323 g/mol. The fourth-order valence-electron chi connectivity index (χ4n) is 1.18. The lowest BCUT2D eigenvalue weighted by molar-refractivity contribution is -0.122. The van der Waals surface area contributed by atoms with Crippen LogP contribution in [0.2, 0.25) is 5.02 Å². The van der Waals surface area contributed by atoms with Gasteiger partial charge in [-0.15, -0.1) is 0 Å². The van der Waals surface area contributed by atoms with Crippen LogP contribution in [0.4, 0.5) is 5.82 Å². The number of pyridine rings is 1. The Morgan fingerprint density at radius 2 is 2.20 bits per heavy atom. The van der Waals surface area contributed by atoms with Crippen molar-refractivity contribution in [3.8, 4) is 0 Å². The minimum atomic E-state index is -3.77. The minimum Gasteiger partial charge on any atom is -0.370 e. The molecular formula is C9H14ClN5O4S. The fourth-order valence-corrected chi connectivity index (χ4v) is 2.45. The summed E-state index contributed by atoms with van der Waals surface area (Å²) in [4.78, 5) is 14.0. The van der Waals surface area contributed by atoms with E-state index in [1.54, 1.807) is 0 Å². The molecule has 20 heavy (non-hydrogen) atoms. The molecule has 11 heteroatoms. The molecule has 112 valence electrons. The highest BCUT2D eigenvalue weighted by molar-refractivity contribution is 7.89. The lowest BCUT2D eigenvalue weighted by atomic mass is 10.5. The Hall–Kier alpha value is -1.46. The molecule has 1 heterocycles. The number of amides is 1. The van der Waals surface area contributed by atoms with Gasteiger partial charge in [-0.25, -0.2) is 24.0 Å². The molecule has 0 saturated heterocycles. The highest BCUT2D eigenvalue weighted by Crippen LogP contribution is 2.21. The number of carbonyl (C=O) groups is 1. The van der Waals surface area contributed by atoms with Crippen LogP contribution in [0.3, 0.4) is 0 Å². The molecule has 1 aromatic rings. The second-order valence-corrected chi connectivity index (χ2v) is 5.74. The van der Waals surface area contributed by atoms with Gasteiger partial charge in [-0.05, 0) is 6.07 Å². The van der Waals surface area contributed by atoms with Crippen molar-refractivity contribution in [2.75, 3.05) is 25.2 Å². The molecule has 0 spiro atoms. The van der Waals surface area contributed by atoms with E-state index in [9.17, 15) is 13.2 Å². The summed E-state index contributed by atoms with van der Waals surface area (Å²) in [5.41, 5.74) is 7.08. The summed E-state index contributed by atoms with van der Waals surface area (Å²) < 4.78 is 30.8. The van der Waals surface area contributed by atoms with Crippen LogP contribution in [-0.4, -0.2) is 39.1 Å². The molecular weight excluding hydrogens is 310 g/mol. The summed E-state index contributed by atoms with van der Waals surface area (Å²) in [6.07, 6.45) is 1.10. The summed E-state index contributed by atoms with van der Waals surface area (Å²) >= 11 is 5.78. The fraction of sp³-hybridized carbons (Fsp3) is 0.333. The molecule has 0 aliphatic rings. The van der Waals surface area contributed by atoms with Gasteiger partial charge in [0.25, 0.3) is 0 Å². The zero-order chi connectivity index (χ0) is 15.2. The van der Waals surface area contributed by atoms with Gasteiger partial charge in [-0.2, -0.15) is 0 Å². The molecule has 0 fully saturated rings. The van der Waals surface area contributed by atoms with E-state index in [1.165, 1.54) is 6.07 Å². The average molecular weight is 324 g/mol. The number of aromatic nitrogens is 1. The second kappa shape index (κ2) is 7.36. The highest BCUT2D eigenvalue weighted by atomic mass is 35.5. The first-order chi connectivity index (χ1) is 9.36. The summed E-state index contributed by atoms with van der Waals surface area (Å²) in [7, 11) is -3.77. The molecule has 0 radical (unpaired) electrons. The van der Waals surface area contributed by atoms with Gasteiger partial charge in [0.15, 0.2) is 5.82 Å². The molecule has 0 saturated carbocycles. The van der Waals surface area contributed by atoms with Gasteiger partial charge < -0.3 is 15.9 Å². The maximum atomic E-state index is 11.9. The van der Waals surface area contributed by atoms with Crippen molar-refractivity contribution in [1.82, 2.24) is 9.71 Å². The van der Waals surface area contributed by atoms with E-state index in [2.05, 4.69) is 15.1 Å². The molecule has 0 unspecified atom stereocenters. The van der Waals surface area contributed by atoms with E-state index in [0.717, 1.165) is 6.20 Å². The molecule has 9 nitrogen and oxygen atoms in total. The summed E-state index contributed by atoms with van der Waals surface area (Å²) in [5, 5.41) is 0.0698. The number of hydrazine groups is 1. The van der Waals surface area contributed by atoms with Crippen LogP contribution in [0.5, 0.6) is 0 Å². The van der Waals surface area contributed by atoms with E-state index in [4.69, 9.17) is 27.9 Å². The van der Waals surface area contributed by atoms with Crippen molar-refractivity contribution < 1.29 is 17.9 Å². The SMILES string of the molecule is NNc1ncc(S(=O)(=O)NCCOCC(N)=O)cc1Cl. The summed E-state index contributed by atoms with van der Waals surface area (Å²) in [5.74, 6) is 4.66. The number of ether oxygens (including phenoxy) is 1. The minimum absolute atomic E-state index is 0.00572. The molecule has 0 aromatic carbocycles. The second-order valence-electron chi connectivity index (χ2n) is 3.56. The van der Waals surface area contributed by atoms with Crippen molar-refractivity contribution in [3.05, 3.63) is 17.3 Å². The lowest BCUT2D eigenvalue weighted by Crippen LogP contribution is -2.29. The number of carbonyl (C=O) groups excluding carboxylic acids is 1. The molecule has 6 N–H and O–H groups in total. The first-order valence-corrected chi connectivity index (χ1v) is 7.21. The largest absolute Gasteiger partial charge is 0.370 e. The Kier molecular flexibility index (Phi) is 6.10. The molecule has 0 atom stereocenters. The Balaban J connectivity index is 2.60. The van der Waals surface area contributed by atoms with Crippen LogP contribution in [0, 0.1) is 0 Å². The topological polar surface area (TPSA) is 149 Å². The summed E-state index contributed by atoms with van der Waals surface area (Å²) in [6, 6.07) is 1.20. The number of sulfonamides is 1. The number of nitrogens with zero attached hydrogens (tertiary/aromatic N) is 1. The third kappa shape index (κ3) is 4.90. The van der Waals surface area contributed by atoms with Crippen molar-refractivity contribution in [2.24, 2.45) is 11.6 Å². The number of nitrogens with one attached hydrogen (secondary N) is 2. The number of nitrogens with two attached hydrogens (primary N) is 2. The first-order valence-electron chi connectivity index (χ1n) is 5.34. The van der Waals surface area contributed by atoms with Crippen molar-refractivity contribution in [3.63, 3.8) is 0 Å².